The van der Waals surface area contributed by atoms with Gasteiger partial charge in [0.15, 0.2) is 5.82 Å². The number of phenolic OH excluding ortho intramolecular Hbond substituents is 1. The zero-order chi connectivity index (χ0) is 22.1. The van der Waals surface area contributed by atoms with Gasteiger partial charge in [-0.15, -0.1) is 0 Å². The molecule has 1 N–H and O–H groups in total. The number of rotatable bonds is 3. The van der Waals surface area contributed by atoms with Crippen LogP contribution in [-0.2, 0) is 9.47 Å². The quantitative estimate of drug-likeness (QED) is 0.671. The first-order valence-electron chi connectivity index (χ1n) is 10.9. The first kappa shape index (κ1) is 20.5. The Hall–Kier alpha value is -3.39. The summed E-state index contributed by atoms with van der Waals surface area (Å²) in [6.45, 7) is 5.53. The van der Waals surface area contributed by atoms with E-state index in [2.05, 4.69) is 4.90 Å². The van der Waals surface area contributed by atoms with Gasteiger partial charge in [-0.05, 0) is 36.8 Å². The molecule has 1 atom stereocenters. The Kier molecular flexibility index (Phi) is 5.53. The lowest BCUT2D eigenvalue weighted by Crippen LogP contribution is -2.49. The summed E-state index contributed by atoms with van der Waals surface area (Å²) in [6, 6.07) is 13.2. The van der Waals surface area contributed by atoms with E-state index in [0.717, 1.165) is 28.7 Å². The van der Waals surface area contributed by atoms with Crippen molar-refractivity contribution >= 4 is 22.8 Å². The van der Waals surface area contributed by atoms with E-state index in [0.29, 0.717) is 50.8 Å². The van der Waals surface area contributed by atoms with Gasteiger partial charge in [-0.25, -0.2) is 14.8 Å². The predicted molar refractivity (Wildman–Crippen MR) is 123 cm³/mol. The lowest BCUT2D eigenvalue weighted by atomic mass is 10.1. The fraction of sp³-hybridized carbons (Fsp3) is 0.375. The lowest BCUT2D eigenvalue weighted by Gasteiger charge is -2.35. The molecule has 5 rings (SSSR count). The van der Waals surface area contributed by atoms with Crippen molar-refractivity contribution < 1.29 is 20.8 Å². The molecule has 2 aliphatic rings. The number of aryl methyl sites for hydroxylation is 1. The number of carbonyl (C=O) groups is 1. The Labute approximate surface area is 187 Å². The number of anilines is 1. The maximum atomic E-state index is 12.5. The Morgan fingerprint density at radius 2 is 1.97 bits per heavy atom. The molecule has 3 aromatic rings. The van der Waals surface area contributed by atoms with E-state index in [1.54, 1.807) is 17.0 Å². The Morgan fingerprint density at radius 3 is 2.72 bits per heavy atom. The molecule has 0 unspecified atom stereocenters. The van der Waals surface area contributed by atoms with E-state index in [9.17, 15) is 9.90 Å². The van der Waals surface area contributed by atoms with Crippen molar-refractivity contribution in [3.05, 3.63) is 48.0 Å². The molecular weight excluding hydrogens is 408 g/mol. The third-order valence-corrected chi connectivity index (χ3v) is 5.97. The zero-order valence-corrected chi connectivity index (χ0v) is 18.0. The molecule has 2 aromatic carbocycles. The topological polar surface area (TPSA) is 88.0 Å². The molecule has 2 saturated heterocycles. The largest absolute Gasteiger partial charge is 0.507 e. The number of phenols is 1. The number of benzene rings is 2. The van der Waals surface area contributed by atoms with Crippen LogP contribution in [0.1, 0.15) is 13.4 Å². The number of aromatic hydroxyl groups is 1. The minimum absolute atomic E-state index is 0. The Balaban J connectivity index is 0.00000259. The Morgan fingerprint density at radius 1 is 1.16 bits per heavy atom. The molecule has 1 amide bonds. The van der Waals surface area contributed by atoms with Crippen LogP contribution in [0.4, 0.5) is 10.6 Å². The summed E-state index contributed by atoms with van der Waals surface area (Å²) >= 11 is 0. The van der Waals surface area contributed by atoms with Gasteiger partial charge in [-0.2, -0.15) is 0 Å². The van der Waals surface area contributed by atoms with E-state index >= 15 is 0 Å². The number of nitrogens with zero attached hydrogens (tertiary/aromatic N) is 4. The molecule has 0 radical (unpaired) electrons. The average molecular weight is 437 g/mol. The number of ether oxygens (including phenoxy) is 2. The average Bonchev–Trinajstić information content (AvgIpc) is 3.31. The van der Waals surface area contributed by atoms with Gasteiger partial charge in [0.05, 0.1) is 24.3 Å². The van der Waals surface area contributed by atoms with Gasteiger partial charge in [0.25, 0.3) is 0 Å². The van der Waals surface area contributed by atoms with Crippen LogP contribution >= 0.6 is 0 Å². The fourth-order valence-electron chi connectivity index (χ4n) is 4.17. The number of fused-ring (bicyclic) bond motifs is 1. The van der Waals surface area contributed by atoms with E-state index in [-0.39, 0.29) is 19.4 Å². The van der Waals surface area contributed by atoms with Gasteiger partial charge in [0.1, 0.15) is 17.7 Å². The number of hydrogen-bond acceptors (Lipinski definition) is 7. The van der Waals surface area contributed by atoms with E-state index in [4.69, 9.17) is 19.4 Å². The van der Waals surface area contributed by atoms with Gasteiger partial charge in [-0.1, -0.05) is 18.2 Å². The minimum atomic E-state index is -0.279. The highest BCUT2D eigenvalue weighted by atomic mass is 16.6. The first-order valence-corrected chi connectivity index (χ1v) is 10.9. The molecule has 0 spiro atoms. The summed E-state index contributed by atoms with van der Waals surface area (Å²) in [4.78, 5) is 26.0. The second-order valence-corrected chi connectivity index (χ2v) is 8.25. The first-order chi connectivity index (χ1) is 15.6. The second kappa shape index (κ2) is 8.63. The lowest BCUT2D eigenvalue weighted by molar-refractivity contribution is 0.0534. The van der Waals surface area contributed by atoms with Crippen LogP contribution < -0.4 is 4.90 Å². The van der Waals surface area contributed by atoms with E-state index in [1.165, 1.54) is 0 Å². The van der Waals surface area contributed by atoms with Crippen molar-refractivity contribution in [1.82, 2.24) is 14.9 Å². The number of aromatic nitrogens is 2. The molecule has 2 aliphatic heterocycles. The molecular formula is C24H28N4O4. The Bertz CT molecular complexity index is 1140. The van der Waals surface area contributed by atoms with Gasteiger partial charge >= 0.3 is 6.09 Å². The molecule has 0 aliphatic carbocycles. The zero-order valence-electron chi connectivity index (χ0n) is 18.0. The summed E-state index contributed by atoms with van der Waals surface area (Å²) in [5.41, 5.74) is 2.53. The van der Waals surface area contributed by atoms with Gasteiger partial charge < -0.3 is 24.4 Å². The highest BCUT2D eigenvalue weighted by molar-refractivity contribution is 5.92. The summed E-state index contributed by atoms with van der Waals surface area (Å²) < 4.78 is 10.8. The molecule has 168 valence electrons. The van der Waals surface area contributed by atoms with Crippen LogP contribution in [0.5, 0.6) is 5.75 Å². The molecule has 8 heteroatoms. The van der Waals surface area contributed by atoms with Crippen molar-refractivity contribution in [1.29, 1.82) is 0 Å². The van der Waals surface area contributed by atoms with Crippen LogP contribution in [0.3, 0.4) is 0 Å². The number of para-hydroxylation sites is 1. The van der Waals surface area contributed by atoms with Crippen LogP contribution in [0.25, 0.3) is 22.3 Å². The molecule has 3 heterocycles. The second-order valence-electron chi connectivity index (χ2n) is 8.25. The normalized spacial score (nSPS) is 18.8. The van der Waals surface area contributed by atoms with Crippen LogP contribution in [0.2, 0.25) is 0 Å². The summed E-state index contributed by atoms with van der Waals surface area (Å²) in [5, 5.41) is 11.3. The maximum absolute atomic E-state index is 12.5. The highest BCUT2D eigenvalue weighted by Gasteiger charge is 2.28. The summed E-state index contributed by atoms with van der Waals surface area (Å²) in [5.74, 6) is 1.44. The van der Waals surface area contributed by atoms with Crippen LogP contribution in [0, 0.1) is 6.92 Å². The third-order valence-electron chi connectivity index (χ3n) is 5.97. The number of amides is 1. The third kappa shape index (κ3) is 4.05. The van der Waals surface area contributed by atoms with E-state index in [1.807, 2.05) is 37.3 Å². The van der Waals surface area contributed by atoms with Crippen molar-refractivity contribution in [3.8, 4) is 17.1 Å². The van der Waals surface area contributed by atoms with Crippen molar-refractivity contribution in [2.24, 2.45) is 0 Å². The highest BCUT2D eigenvalue weighted by Crippen LogP contribution is 2.32. The van der Waals surface area contributed by atoms with Crippen LogP contribution in [-0.4, -0.2) is 71.6 Å². The van der Waals surface area contributed by atoms with Gasteiger partial charge in [0.2, 0.25) is 0 Å². The van der Waals surface area contributed by atoms with E-state index < -0.39 is 0 Å². The predicted octanol–water partition coefficient (Wildman–Crippen LogP) is 3.60. The minimum Gasteiger partial charge on any atom is -0.507 e. The standard InChI is InChI=1S/C24H26N4O4.H2/c1-16-6-7-18-20(14-16)25-22(19-4-2-3-5-21(19)29)26-23(18)27-9-11-28(12-10-27)24(30)32-17-8-13-31-15-17;/h2-7,14,17,29H,8-13,15H2,1H3;1H/t17-;/m0./s1. The SMILES string of the molecule is Cc1ccc2c(N3CCN(C(=O)O[C@H]4CCOC4)CC3)nc(-c3ccccc3O)nc2c1.[HH]. The molecule has 0 saturated carbocycles. The number of carbonyl (C=O) groups excluding carboxylic acids is 1. The molecule has 1 aromatic heterocycles. The fourth-order valence-corrected chi connectivity index (χ4v) is 4.17. The smallest absolute Gasteiger partial charge is 0.410 e. The molecule has 32 heavy (non-hydrogen) atoms. The van der Waals surface area contributed by atoms with Crippen molar-refractivity contribution in [3.63, 3.8) is 0 Å². The number of piperazine rings is 1. The molecule has 2 fully saturated rings. The molecule has 8 nitrogen and oxygen atoms in total. The monoisotopic (exact) mass is 436 g/mol. The summed E-state index contributed by atoms with van der Waals surface area (Å²) in [7, 11) is 0. The maximum Gasteiger partial charge on any atom is 0.410 e. The van der Waals surface area contributed by atoms with Gasteiger partial charge in [-0.3, -0.25) is 0 Å². The van der Waals surface area contributed by atoms with Crippen molar-refractivity contribution in [2.75, 3.05) is 44.3 Å². The van der Waals surface area contributed by atoms with Gasteiger partial charge in [0, 0.05) is 39.4 Å². The molecule has 0 bridgehead atoms. The summed E-state index contributed by atoms with van der Waals surface area (Å²) in [6.07, 6.45) is 0.335. The number of hydrogen-bond donors (Lipinski definition) is 1. The van der Waals surface area contributed by atoms with Crippen LogP contribution in [0.15, 0.2) is 42.5 Å². The van der Waals surface area contributed by atoms with Crippen molar-refractivity contribution in [2.45, 2.75) is 19.4 Å².